The Morgan fingerprint density at radius 3 is 3.09 bits per heavy atom. The second-order valence-corrected chi connectivity index (χ2v) is 5.46. The Labute approximate surface area is 139 Å². The topological polar surface area (TPSA) is 89.5 Å². The minimum absolute atomic E-state index is 0. The van der Waals surface area contributed by atoms with Gasteiger partial charge in [0.1, 0.15) is 0 Å². The predicted octanol–water partition coefficient (Wildman–Crippen LogP) is 0.987. The zero-order valence-corrected chi connectivity index (χ0v) is 13.9. The van der Waals surface area contributed by atoms with E-state index in [-0.39, 0.29) is 36.7 Å². The first-order valence-corrected chi connectivity index (χ1v) is 7.76. The Balaban J connectivity index is 0.00000242. The van der Waals surface area contributed by atoms with Crippen LogP contribution in [0.3, 0.4) is 0 Å². The van der Waals surface area contributed by atoms with Crippen molar-refractivity contribution >= 4 is 40.8 Å². The first-order chi connectivity index (χ1) is 10.2. The van der Waals surface area contributed by atoms with Gasteiger partial charge in [-0.1, -0.05) is 0 Å². The SMILES string of the molecule is CCOC(=O)Cc1csc(NC(=O)CC2COCCN2)n1.Cl. The second-order valence-electron chi connectivity index (χ2n) is 4.60. The highest BCUT2D eigenvalue weighted by Crippen LogP contribution is 2.16. The Morgan fingerprint density at radius 1 is 1.59 bits per heavy atom. The number of nitrogens with zero attached hydrogens (tertiary/aromatic N) is 1. The number of hydrogen-bond donors (Lipinski definition) is 2. The number of amides is 1. The fraction of sp³-hybridized carbons (Fsp3) is 0.615. The van der Waals surface area contributed by atoms with E-state index in [9.17, 15) is 9.59 Å². The van der Waals surface area contributed by atoms with Gasteiger partial charge in [-0.05, 0) is 6.92 Å². The first kappa shape index (κ1) is 18.8. The molecule has 1 unspecified atom stereocenters. The molecule has 0 bridgehead atoms. The number of carbonyl (C=O) groups is 2. The monoisotopic (exact) mass is 349 g/mol. The maximum Gasteiger partial charge on any atom is 0.311 e. The van der Waals surface area contributed by atoms with Gasteiger partial charge in [-0.15, -0.1) is 23.7 Å². The molecule has 0 aromatic carbocycles. The molecule has 0 spiro atoms. The van der Waals surface area contributed by atoms with Gasteiger partial charge in [0, 0.05) is 24.4 Å². The normalized spacial score (nSPS) is 17.4. The van der Waals surface area contributed by atoms with E-state index in [0.717, 1.165) is 6.54 Å². The third kappa shape index (κ3) is 6.27. The summed E-state index contributed by atoms with van der Waals surface area (Å²) in [6, 6.07) is 0.0396. The zero-order valence-electron chi connectivity index (χ0n) is 12.3. The van der Waals surface area contributed by atoms with Gasteiger partial charge >= 0.3 is 5.97 Å². The lowest BCUT2D eigenvalue weighted by Gasteiger charge is -2.22. The highest BCUT2D eigenvalue weighted by Gasteiger charge is 2.18. The van der Waals surface area contributed by atoms with E-state index in [1.165, 1.54) is 11.3 Å². The molecule has 1 aromatic rings. The van der Waals surface area contributed by atoms with Crippen molar-refractivity contribution in [3.63, 3.8) is 0 Å². The van der Waals surface area contributed by atoms with Crippen LogP contribution in [0.15, 0.2) is 5.38 Å². The van der Waals surface area contributed by atoms with Gasteiger partial charge < -0.3 is 20.1 Å². The van der Waals surface area contributed by atoms with Gasteiger partial charge in [0.15, 0.2) is 5.13 Å². The van der Waals surface area contributed by atoms with Crippen molar-refractivity contribution in [1.29, 1.82) is 0 Å². The molecule has 0 radical (unpaired) electrons. The maximum absolute atomic E-state index is 11.9. The molecule has 7 nitrogen and oxygen atoms in total. The van der Waals surface area contributed by atoms with Gasteiger partial charge in [0.25, 0.3) is 0 Å². The summed E-state index contributed by atoms with van der Waals surface area (Å²) in [6.07, 6.45) is 0.463. The van der Waals surface area contributed by atoms with Crippen LogP contribution in [0.1, 0.15) is 19.0 Å². The van der Waals surface area contributed by atoms with Crippen molar-refractivity contribution in [1.82, 2.24) is 10.3 Å². The molecule has 1 aromatic heterocycles. The fourth-order valence-corrected chi connectivity index (χ4v) is 2.68. The molecule has 1 aliphatic heterocycles. The summed E-state index contributed by atoms with van der Waals surface area (Å²) in [5, 5.41) is 8.19. The molecule has 0 saturated carbocycles. The van der Waals surface area contributed by atoms with Gasteiger partial charge in [0.05, 0.1) is 31.9 Å². The highest BCUT2D eigenvalue weighted by atomic mass is 35.5. The fourth-order valence-electron chi connectivity index (χ4n) is 1.95. The summed E-state index contributed by atoms with van der Waals surface area (Å²) in [7, 11) is 0. The van der Waals surface area contributed by atoms with E-state index in [4.69, 9.17) is 9.47 Å². The van der Waals surface area contributed by atoms with Crippen molar-refractivity contribution in [3.8, 4) is 0 Å². The molecule has 1 aliphatic rings. The largest absolute Gasteiger partial charge is 0.466 e. The zero-order chi connectivity index (χ0) is 15.1. The Bertz CT molecular complexity index is 491. The average Bonchev–Trinajstić information content (AvgIpc) is 2.87. The Kier molecular flexibility index (Phi) is 8.32. The second kappa shape index (κ2) is 9.73. The van der Waals surface area contributed by atoms with Gasteiger partial charge in [-0.2, -0.15) is 0 Å². The van der Waals surface area contributed by atoms with Crippen LogP contribution in [-0.4, -0.2) is 49.3 Å². The lowest BCUT2D eigenvalue weighted by atomic mass is 10.2. The molecule has 1 amide bonds. The van der Waals surface area contributed by atoms with E-state index < -0.39 is 0 Å². The molecule has 124 valence electrons. The number of hydrogen-bond acceptors (Lipinski definition) is 7. The number of nitrogens with one attached hydrogen (secondary N) is 2. The summed E-state index contributed by atoms with van der Waals surface area (Å²) in [5.74, 6) is -0.431. The van der Waals surface area contributed by atoms with Crippen molar-refractivity contribution in [2.75, 3.05) is 31.7 Å². The summed E-state index contributed by atoms with van der Waals surface area (Å²) in [4.78, 5) is 27.4. The number of aromatic nitrogens is 1. The summed E-state index contributed by atoms with van der Waals surface area (Å²) in [6.45, 7) is 4.09. The molecule has 1 saturated heterocycles. The van der Waals surface area contributed by atoms with Crippen LogP contribution in [0.4, 0.5) is 5.13 Å². The van der Waals surface area contributed by atoms with Gasteiger partial charge in [-0.25, -0.2) is 4.98 Å². The number of halogens is 1. The number of ether oxygens (including phenoxy) is 2. The number of anilines is 1. The summed E-state index contributed by atoms with van der Waals surface area (Å²) < 4.78 is 10.1. The minimum atomic E-state index is -0.316. The quantitative estimate of drug-likeness (QED) is 0.744. The van der Waals surface area contributed by atoms with Crippen LogP contribution >= 0.6 is 23.7 Å². The first-order valence-electron chi connectivity index (χ1n) is 6.88. The predicted molar refractivity (Wildman–Crippen MR) is 85.6 cm³/mol. The standard InChI is InChI=1S/C13H19N3O4S.ClH/c1-2-20-12(18)6-10-8-21-13(15-10)16-11(17)5-9-7-19-4-3-14-9;/h8-9,14H,2-7H2,1H3,(H,15,16,17);1H. The van der Waals surface area contributed by atoms with Crippen molar-refractivity contribution in [3.05, 3.63) is 11.1 Å². The molecular weight excluding hydrogens is 330 g/mol. The molecule has 0 aliphatic carbocycles. The molecular formula is C13H20ClN3O4S. The summed E-state index contributed by atoms with van der Waals surface area (Å²) >= 11 is 1.30. The maximum atomic E-state index is 11.9. The Morgan fingerprint density at radius 2 is 2.41 bits per heavy atom. The van der Waals surface area contributed by atoms with E-state index in [1.54, 1.807) is 12.3 Å². The number of thiazole rings is 1. The Hall–Kier alpha value is -1.22. The van der Waals surface area contributed by atoms with Crippen LogP contribution in [-0.2, 0) is 25.5 Å². The van der Waals surface area contributed by atoms with E-state index >= 15 is 0 Å². The third-order valence-corrected chi connectivity index (χ3v) is 3.67. The van der Waals surface area contributed by atoms with E-state index in [1.807, 2.05) is 0 Å². The molecule has 2 N–H and O–H groups in total. The molecule has 9 heteroatoms. The van der Waals surface area contributed by atoms with Crippen molar-refractivity contribution < 1.29 is 19.1 Å². The molecule has 2 heterocycles. The van der Waals surface area contributed by atoms with Crippen LogP contribution in [0.2, 0.25) is 0 Å². The molecule has 22 heavy (non-hydrogen) atoms. The van der Waals surface area contributed by atoms with Crippen molar-refractivity contribution in [2.24, 2.45) is 0 Å². The van der Waals surface area contributed by atoms with Gasteiger partial charge in [-0.3, -0.25) is 9.59 Å². The average molecular weight is 350 g/mol. The van der Waals surface area contributed by atoms with Crippen LogP contribution in [0, 0.1) is 0 Å². The minimum Gasteiger partial charge on any atom is -0.466 e. The number of rotatable bonds is 6. The van der Waals surface area contributed by atoms with Crippen LogP contribution in [0.5, 0.6) is 0 Å². The number of morpholine rings is 1. The highest BCUT2D eigenvalue weighted by molar-refractivity contribution is 7.13. The molecule has 1 atom stereocenters. The smallest absolute Gasteiger partial charge is 0.311 e. The number of esters is 1. The molecule has 1 fully saturated rings. The van der Waals surface area contributed by atoms with Gasteiger partial charge in [0.2, 0.25) is 5.91 Å². The number of carbonyl (C=O) groups excluding carboxylic acids is 2. The third-order valence-electron chi connectivity index (χ3n) is 2.86. The van der Waals surface area contributed by atoms with Crippen LogP contribution in [0.25, 0.3) is 0 Å². The van der Waals surface area contributed by atoms with Crippen LogP contribution < -0.4 is 10.6 Å². The van der Waals surface area contributed by atoms with Crippen molar-refractivity contribution in [2.45, 2.75) is 25.8 Å². The lowest BCUT2D eigenvalue weighted by molar-refractivity contribution is -0.142. The molecule has 2 rings (SSSR count). The van der Waals surface area contributed by atoms with E-state index in [2.05, 4.69) is 15.6 Å². The summed E-state index contributed by atoms with van der Waals surface area (Å²) in [5.41, 5.74) is 0.605. The lowest BCUT2D eigenvalue weighted by Crippen LogP contribution is -2.43. The van der Waals surface area contributed by atoms with E-state index in [0.29, 0.717) is 37.1 Å².